The fourth-order valence-corrected chi connectivity index (χ4v) is 1.16. The maximum atomic E-state index is 10.9. The van der Waals surface area contributed by atoms with Crippen LogP contribution in [0, 0.1) is 18.3 Å². The van der Waals surface area contributed by atoms with Gasteiger partial charge < -0.3 is 4.98 Å². The number of hydrogen-bond acceptors (Lipinski definition) is 2. The van der Waals surface area contributed by atoms with Crippen LogP contribution in [0.25, 0.3) is 0 Å². The largest absolute Gasteiger partial charge is 0.312 e. The molecule has 0 unspecified atom stereocenters. The van der Waals surface area contributed by atoms with Gasteiger partial charge in [0.15, 0.2) is 0 Å². The third-order valence-electron chi connectivity index (χ3n) is 1.30. The molecule has 0 spiro atoms. The lowest BCUT2D eigenvalue weighted by atomic mass is 10.2. The molecule has 3 nitrogen and oxygen atoms in total. The Balaban J connectivity index is 3.48. The summed E-state index contributed by atoms with van der Waals surface area (Å²) in [5.41, 5.74) is 0.810. The van der Waals surface area contributed by atoms with Crippen molar-refractivity contribution >= 4 is 15.9 Å². The number of nitrogens with zero attached hydrogens (tertiary/aromatic N) is 1. The summed E-state index contributed by atoms with van der Waals surface area (Å²) in [7, 11) is 0. The van der Waals surface area contributed by atoms with Crippen molar-refractivity contribution in [3.05, 3.63) is 32.2 Å². The molecule has 0 aliphatic rings. The minimum absolute atomic E-state index is 0.271. The minimum atomic E-state index is -0.271. The topological polar surface area (TPSA) is 56.6 Å². The molecule has 56 valence electrons. The van der Waals surface area contributed by atoms with Gasteiger partial charge in [-0.25, -0.2) is 0 Å². The van der Waals surface area contributed by atoms with Gasteiger partial charge in [0.2, 0.25) is 0 Å². The third-order valence-corrected chi connectivity index (χ3v) is 1.89. The minimum Gasteiger partial charge on any atom is -0.312 e. The highest BCUT2D eigenvalue weighted by molar-refractivity contribution is 9.10. The fourth-order valence-electron chi connectivity index (χ4n) is 0.716. The average molecular weight is 213 g/mol. The maximum absolute atomic E-state index is 10.9. The summed E-state index contributed by atoms with van der Waals surface area (Å²) >= 11 is 3.06. The smallest absolute Gasteiger partial charge is 0.263 e. The Morgan fingerprint density at radius 3 is 2.91 bits per heavy atom. The van der Waals surface area contributed by atoms with Crippen LogP contribution in [0.15, 0.2) is 15.3 Å². The molecule has 0 aromatic carbocycles. The molecule has 11 heavy (non-hydrogen) atoms. The van der Waals surface area contributed by atoms with Gasteiger partial charge in [-0.1, -0.05) is 0 Å². The lowest BCUT2D eigenvalue weighted by Crippen LogP contribution is -2.09. The number of aryl methyl sites for hydroxylation is 1. The molecule has 0 aliphatic carbocycles. The van der Waals surface area contributed by atoms with Crippen molar-refractivity contribution in [1.82, 2.24) is 4.98 Å². The van der Waals surface area contributed by atoms with Gasteiger partial charge in [-0.15, -0.1) is 0 Å². The molecule has 4 heteroatoms. The molecular formula is C7H5BrN2O. The zero-order valence-electron chi connectivity index (χ0n) is 5.81. The molecule has 0 fully saturated rings. The second-order valence-corrected chi connectivity index (χ2v) is 2.97. The first-order chi connectivity index (χ1) is 5.15. The number of rotatable bonds is 0. The van der Waals surface area contributed by atoms with E-state index in [1.54, 1.807) is 13.0 Å². The Bertz CT molecular complexity index is 375. The van der Waals surface area contributed by atoms with Gasteiger partial charge >= 0.3 is 0 Å². The number of halogens is 1. The van der Waals surface area contributed by atoms with E-state index in [0.29, 0.717) is 10.2 Å². The first-order valence-electron chi connectivity index (χ1n) is 2.94. The number of nitriles is 1. The second kappa shape index (κ2) is 2.89. The number of aromatic nitrogens is 1. The van der Waals surface area contributed by atoms with Crippen LogP contribution in [0.3, 0.4) is 0 Å². The van der Waals surface area contributed by atoms with E-state index in [9.17, 15) is 4.79 Å². The van der Waals surface area contributed by atoms with Crippen molar-refractivity contribution in [2.24, 2.45) is 0 Å². The van der Waals surface area contributed by atoms with Gasteiger partial charge in [0, 0.05) is 0 Å². The fraction of sp³-hybridized carbons (Fsp3) is 0.143. The molecule has 0 atom stereocenters. The molecule has 0 aliphatic heterocycles. The van der Waals surface area contributed by atoms with Gasteiger partial charge in [-0.2, -0.15) is 5.26 Å². The molecule has 0 amide bonds. The normalized spacial score (nSPS) is 9.18. The molecule has 1 aromatic rings. The van der Waals surface area contributed by atoms with Gasteiger partial charge in [0.25, 0.3) is 5.56 Å². The lowest BCUT2D eigenvalue weighted by molar-refractivity contribution is 1.14. The Morgan fingerprint density at radius 1 is 1.73 bits per heavy atom. The standard InChI is InChI=1S/C7H5BrN2O/c1-4-2-5(8)7(11)10-6(4)3-9/h2H,1H3,(H,10,11). The van der Waals surface area contributed by atoms with Crippen LogP contribution in [-0.4, -0.2) is 4.98 Å². The summed E-state index contributed by atoms with van der Waals surface area (Å²) in [6, 6.07) is 3.51. The van der Waals surface area contributed by atoms with Crippen LogP contribution < -0.4 is 5.56 Å². The van der Waals surface area contributed by atoms with Crippen molar-refractivity contribution in [3.63, 3.8) is 0 Å². The van der Waals surface area contributed by atoms with Crippen LogP contribution in [0.4, 0.5) is 0 Å². The molecule has 1 rings (SSSR count). The van der Waals surface area contributed by atoms with Crippen LogP contribution in [-0.2, 0) is 0 Å². The summed E-state index contributed by atoms with van der Waals surface area (Å²) in [6.07, 6.45) is 0. The van der Waals surface area contributed by atoms with Crippen molar-refractivity contribution in [2.45, 2.75) is 6.92 Å². The summed E-state index contributed by atoms with van der Waals surface area (Å²) in [4.78, 5) is 13.3. The highest BCUT2D eigenvalue weighted by Gasteiger charge is 2.00. The predicted octanol–water partition coefficient (Wildman–Crippen LogP) is 1.32. The summed E-state index contributed by atoms with van der Waals surface area (Å²) in [5.74, 6) is 0. The second-order valence-electron chi connectivity index (χ2n) is 2.12. The zero-order valence-corrected chi connectivity index (χ0v) is 7.40. The zero-order chi connectivity index (χ0) is 8.43. The van der Waals surface area contributed by atoms with E-state index in [0.717, 1.165) is 5.56 Å². The van der Waals surface area contributed by atoms with Crippen molar-refractivity contribution < 1.29 is 0 Å². The van der Waals surface area contributed by atoms with E-state index in [-0.39, 0.29) is 5.56 Å². The van der Waals surface area contributed by atoms with Crippen LogP contribution in [0.2, 0.25) is 0 Å². The van der Waals surface area contributed by atoms with Crippen molar-refractivity contribution in [3.8, 4) is 6.07 Å². The summed E-state index contributed by atoms with van der Waals surface area (Å²) < 4.78 is 0.453. The number of aromatic amines is 1. The number of nitrogens with one attached hydrogen (secondary N) is 1. The Morgan fingerprint density at radius 2 is 2.36 bits per heavy atom. The Hall–Kier alpha value is -1.08. The van der Waals surface area contributed by atoms with Gasteiger partial charge in [-0.3, -0.25) is 4.79 Å². The molecule has 0 radical (unpaired) electrons. The van der Waals surface area contributed by atoms with Gasteiger partial charge in [-0.05, 0) is 34.5 Å². The van der Waals surface area contributed by atoms with Gasteiger partial charge in [0.05, 0.1) is 4.47 Å². The van der Waals surface area contributed by atoms with Crippen molar-refractivity contribution in [1.29, 1.82) is 5.26 Å². The number of H-pyrrole nitrogens is 1. The van der Waals surface area contributed by atoms with E-state index in [2.05, 4.69) is 20.9 Å². The molecule has 0 bridgehead atoms. The highest BCUT2D eigenvalue weighted by atomic mass is 79.9. The molecule has 0 saturated carbocycles. The highest BCUT2D eigenvalue weighted by Crippen LogP contribution is 2.07. The quantitative estimate of drug-likeness (QED) is 0.706. The molecule has 0 saturated heterocycles. The Labute approximate surface area is 71.8 Å². The summed E-state index contributed by atoms with van der Waals surface area (Å²) in [6.45, 7) is 1.76. The van der Waals surface area contributed by atoms with E-state index in [1.165, 1.54) is 0 Å². The number of pyridine rings is 1. The molecular weight excluding hydrogens is 208 g/mol. The molecule has 1 aromatic heterocycles. The average Bonchev–Trinajstić information content (AvgIpc) is 1.97. The first-order valence-corrected chi connectivity index (χ1v) is 3.74. The molecule has 1 N–H and O–H groups in total. The monoisotopic (exact) mass is 212 g/mol. The first kappa shape index (κ1) is 8.02. The van der Waals surface area contributed by atoms with Crippen molar-refractivity contribution in [2.75, 3.05) is 0 Å². The van der Waals surface area contributed by atoms with E-state index >= 15 is 0 Å². The Kier molecular flexibility index (Phi) is 2.11. The van der Waals surface area contributed by atoms with Crippen LogP contribution in [0.1, 0.15) is 11.3 Å². The summed E-state index contributed by atoms with van der Waals surface area (Å²) in [5, 5.41) is 8.50. The molecule has 1 heterocycles. The SMILES string of the molecule is Cc1cc(Br)c(=O)[nH]c1C#N. The van der Waals surface area contributed by atoms with Crippen LogP contribution >= 0.6 is 15.9 Å². The predicted molar refractivity (Wildman–Crippen MR) is 44.2 cm³/mol. The maximum Gasteiger partial charge on any atom is 0.263 e. The van der Waals surface area contributed by atoms with E-state index in [1.807, 2.05) is 6.07 Å². The lowest BCUT2D eigenvalue weighted by Gasteiger charge is -1.95. The third kappa shape index (κ3) is 1.49. The van der Waals surface area contributed by atoms with Crippen LogP contribution in [0.5, 0.6) is 0 Å². The van der Waals surface area contributed by atoms with Gasteiger partial charge in [0.1, 0.15) is 11.8 Å². The number of hydrogen-bond donors (Lipinski definition) is 1. The van der Waals surface area contributed by atoms with E-state index < -0.39 is 0 Å². The van der Waals surface area contributed by atoms with E-state index in [4.69, 9.17) is 5.26 Å².